The van der Waals surface area contributed by atoms with Gasteiger partial charge in [-0.3, -0.25) is 14.9 Å². The Hall–Kier alpha value is -2.70. The summed E-state index contributed by atoms with van der Waals surface area (Å²) >= 11 is 0. The molecule has 0 heterocycles. The second-order valence-corrected chi connectivity index (χ2v) is 3.20. The number of aldehydes is 1. The molecule has 1 rings (SSSR count). The highest BCUT2D eigenvalue weighted by molar-refractivity contribution is 5.90. The number of hydrogen-bond acceptors (Lipinski definition) is 5. The molecule has 7 nitrogen and oxygen atoms in total. The Morgan fingerprint density at radius 1 is 1.44 bits per heavy atom. The van der Waals surface area contributed by atoms with E-state index in [0.717, 1.165) is 18.2 Å². The molecule has 18 heavy (non-hydrogen) atoms. The van der Waals surface area contributed by atoms with Crippen molar-refractivity contribution in [1.82, 2.24) is 0 Å². The minimum Gasteiger partial charge on any atom is -0.490 e. The summed E-state index contributed by atoms with van der Waals surface area (Å²) in [6, 6.07) is 2.27. The number of ether oxygens (including phenoxy) is 1. The van der Waals surface area contributed by atoms with Gasteiger partial charge in [0.25, 0.3) is 0 Å². The molecular weight excluding hydrogens is 242 g/mol. The minimum atomic E-state index is -1.19. The van der Waals surface area contributed by atoms with Crippen molar-refractivity contribution in [3.8, 4) is 5.75 Å². The fourth-order valence-corrected chi connectivity index (χ4v) is 1.31. The van der Waals surface area contributed by atoms with Gasteiger partial charge in [-0.25, -0.2) is 4.79 Å². The van der Waals surface area contributed by atoms with Crippen LogP contribution >= 0.6 is 0 Å². The second kappa shape index (κ2) is 5.58. The number of methoxy groups -OCH3 is 1. The van der Waals surface area contributed by atoms with E-state index < -0.39 is 10.9 Å². The molecule has 0 aliphatic heterocycles. The van der Waals surface area contributed by atoms with Crippen molar-refractivity contribution in [2.24, 2.45) is 0 Å². The zero-order chi connectivity index (χ0) is 13.7. The molecule has 0 aliphatic carbocycles. The van der Waals surface area contributed by atoms with Crippen molar-refractivity contribution in [3.63, 3.8) is 0 Å². The maximum absolute atomic E-state index is 10.8. The topological polar surface area (TPSA) is 107 Å². The Morgan fingerprint density at radius 2 is 2.11 bits per heavy atom. The predicted molar refractivity (Wildman–Crippen MR) is 61.7 cm³/mol. The van der Waals surface area contributed by atoms with E-state index in [1.807, 2.05) is 0 Å². The van der Waals surface area contributed by atoms with E-state index >= 15 is 0 Å². The summed E-state index contributed by atoms with van der Waals surface area (Å²) in [6.07, 6.45) is 2.40. The van der Waals surface area contributed by atoms with E-state index in [-0.39, 0.29) is 22.6 Å². The Bertz CT molecular complexity index is 535. The molecule has 0 bridgehead atoms. The van der Waals surface area contributed by atoms with Crippen LogP contribution in [0, 0.1) is 10.1 Å². The molecule has 1 N–H and O–H groups in total. The first kappa shape index (κ1) is 13.4. The maximum Gasteiger partial charge on any atom is 0.328 e. The van der Waals surface area contributed by atoms with Gasteiger partial charge in [0.15, 0.2) is 12.0 Å². The zero-order valence-electron chi connectivity index (χ0n) is 9.32. The van der Waals surface area contributed by atoms with Crippen molar-refractivity contribution < 1.29 is 24.4 Å². The molecule has 7 heteroatoms. The van der Waals surface area contributed by atoms with E-state index in [1.165, 1.54) is 13.2 Å². The number of rotatable bonds is 5. The van der Waals surface area contributed by atoms with Gasteiger partial charge in [0, 0.05) is 17.7 Å². The SMILES string of the molecule is COc1cc(/C=C/C(=O)O)c(C=O)cc1[N+](=O)[O-]. The third-order valence-corrected chi connectivity index (χ3v) is 2.11. The molecule has 1 aromatic rings. The summed E-state index contributed by atoms with van der Waals surface area (Å²) in [6.45, 7) is 0. The quantitative estimate of drug-likeness (QED) is 0.368. The van der Waals surface area contributed by atoms with Crippen LogP contribution in [0.15, 0.2) is 18.2 Å². The fraction of sp³-hybridized carbons (Fsp3) is 0.0909. The van der Waals surface area contributed by atoms with Crippen LogP contribution in [0.1, 0.15) is 15.9 Å². The van der Waals surface area contributed by atoms with Gasteiger partial charge in [0.05, 0.1) is 12.0 Å². The van der Waals surface area contributed by atoms with Gasteiger partial charge in [0.1, 0.15) is 0 Å². The molecule has 0 fully saturated rings. The van der Waals surface area contributed by atoms with Crippen LogP contribution in [0.5, 0.6) is 5.75 Å². The molecule has 0 spiro atoms. The molecule has 0 amide bonds. The average Bonchev–Trinajstić information content (AvgIpc) is 2.34. The molecule has 0 unspecified atom stereocenters. The number of hydrogen-bond donors (Lipinski definition) is 1. The van der Waals surface area contributed by atoms with Crippen LogP contribution in [0.2, 0.25) is 0 Å². The van der Waals surface area contributed by atoms with E-state index in [1.54, 1.807) is 0 Å². The van der Waals surface area contributed by atoms with Gasteiger partial charge in [0.2, 0.25) is 0 Å². The molecule has 0 radical (unpaired) electrons. The Kier molecular flexibility index (Phi) is 4.14. The first-order valence-corrected chi connectivity index (χ1v) is 4.72. The monoisotopic (exact) mass is 251 g/mol. The summed E-state index contributed by atoms with van der Waals surface area (Å²) in [5.41, 5.74) is -0.109. The minimum absolute atomic E-state index is 0.0139. The van der Waals surface area contributed by atoms with Crippen LogP contribution < -0.4 is 4.74 Å². The first-order chi connectivity index (χ1) is 8.49. The summed E-state index contributed by atoms with van der Waals surface area (Å²) < 4.78 is 4.81. The van der Waals surface area contributed by atoms with Crippen molar-refractivity contribution >= 4 is 24.0 Å². The van der Waals surface area contributed by atoms with Crippen molar-refractivity contribution in [1.29, 1.82) is 0 Å². The molecule has 0 saturated heterocycles. The number of aliphatic carboxylic acids is 1. The number of nitro benzene ring substituents is 1. The summed E-state index contributed by atoms with van der Waals surface area (Å²) in [5.74, 6) is -1.24. The van der Waals surface area contributed by atoms with Gasteiger partial charge in [-0.05, 0) is 17.7 Å². The first-order valence-electron chi connectivity index (χ1n) is 4.72. The second-order valence-electron chi connectivity index (χ2n) is 3.20. The number of carbonyl (C=O) groups excluding carboxylic acids is 1. The van der Waals surface area contributed by atoms with Crippen molar-refractivity contribution in [3.05, 3.63) is 39.4 Å². The largest absolute Gasteiger partial charge is 0.490 e. The number of nitrogens with zero attached hydrogens (tertiary/aromatic N) is 1. The number of carbonyl (C=O) groups is 2. The zero-order valence-corrected chi connectivity index (χ0v) is 9.32. The molecule has 0 aromatic heterocycles. The predicted octanol–water partition coefficient (Wildman–Crippen LogP) is 1.51. The van der Waals surface area contributed by atoms with Crippen molar-refractivity contribution in [2.45, 2.75) is 0 Å². The van der Waals surface area contributed by atoms with Gasteiger partial charge in [-0.1, -0.05) is 0 Å². The van der Waals surface area contributed by atoms with Gasteiger partial charge in [-0.15, -0.1) is 0 Å². The summed E-state index contributed by atoms with van der Waals surface area (Å²) in [7, 11) is 1.24. The number of nitro groups is 1. The molecule has 0 aliphatic rings. The summed E-state index contributed by atoms with van der Waals surface area (Å²) in [5, 5.41) is 19.2. The maximum atomic E-state index is 10.8. The van der Waals surface area contributed by atoms with Crippen LogP contribution in [0.3, 0.4) is 0 Å². The van der Waals surface area contributed by atoms with Gasteiger partial charge < -0.3 is 9.84 Å². The fourth-order valence-electron chi connectivity index (χ4n) is 1.31. The van der Waals surface area contributed by atoms with Crippen LogP contribution in [0.25, 0.3) is 6.08 Å². The van der Waals surface area contributed by atoms with Crippen LogP contribution in [-0.4, -0.2) is 29.4 Å². The van der Waals surface area contributed by atoms with Crippen LogP contribution in [-0.2, 0) is 4.79 Å². The molecule has 94 valence electrons. The number of benzene rings is 1. The Labute approximate surface area is 101 Å². The molecule has 0 atom stereocenters. The highest BCUT2D eigenvalue weighted by Crippen LogP contribution is 2.30. The number of carboxylic acids is 1. The Morgan fingerprint density at radius 3 is 2.56 bits per heavy atom. The molecular formula is C11H9NO6. The lowest BCUT2D eigenvalue weighted by Crippen LogP contribution is -1.98. The van der Waals surface area contributed by atoms with E-state index in [0.29, 0.717) is 6.29 Å². The van der Waals surface area contributed by atoms with Crippen molar-refractivity contribution in [2.75, 3.05) is 7.11 Å². The van der Waals surface area contributed by atoms with Gasteiger partial charge >= 0.3 is 11.7 Å². The lowest BCUT2D eigenvalue weighted by molar-refractivity contribution is -0.385. The smallest absolute Gasteiger partial charge is 0.328 e. The summed E-state index contributed by atoms with van der Waals surface area (Å²) in [4.78, 5) is 31.2. The normalized spacial score (nSPS) is 10.3. The Balaban J connectivity index is 3.39. The third kappa shape index (κ3) is 2.91. The third-order valence-electron chi connectivity index (χ3n) is 2.11. The van der Waals surface area contributed by atoms with E-state index in [4.69, 9.17) is 9.84 Å². The average molecular weight is 251 g/mol. The lowest BCUT2D eigenvalue weighted by atomic mass is 10.1. The van der Waals surface area contributed by atoms with Crippen LogP contribution in [0.4, 0.5) is 5.69 Å². The highest BCUT2D eigenvalue weighted by atomic mass is 16.6. The molecule has 0 saturated carbocycles. The van der Waals surface area contributed by atoms with E-state index in [9.17, 15) is 19.7 Å². The standard InChI is InChI=1S/C11H9NO6/c1-18-10-5-7(2-3-11(14)15)8(6-13)4-9(10)12(16)17/h2-6H,1H3,(H,14,15)/b3-2+. The lowest BCUT2D eigenvalue weighted by Gasteiger charge is -2.05. The number of carboxylic acid groups (broad SMARTS) is 1. The van der Waals surface area contributed by atoms with Gasteiger partial charge in [-0.2, -0.15) is 0 Å². The molecule has 1 aromatic carbocycles. The van der Waals surface area contributed by atoms with E-state index in [2.05, 4.69) is 0 Å². The highest BCUT2D eigenvalue weighted by Gasteiger charge is 2.17.